The van der Waals surface area contributed by atoms with E-state index in [1.807, 2.05) is 54.6 Å². The van der Waals surface area contributed by atoms with Gasteiger partial charge in [0.2, 0.25) is 11.8 Å². The van der Waals surface area contributed by atoms with Gasteiger partial charge < -0.3 is 10.6 Å². The van der Waals surface area contributed by atoms with Crippen LogP contribution in [0.3, 0.4) is 0 Å². The number of hydrogen-bond acceptors (Lipinski definition) is 3. The first-order chi connectivity index (χ1) is 14.0. The summed E-state index contributed by atoms with van der Waals surface area (Å²) in [6.07, 6.45) is 2.60. The van der Waals surface area contributed by atoms with Crippen molar-refractivity contribution >= 4 is 33.4 Å². The van der Waals surface area contributed by atoms with Crippen LogP contribution in [0.15, 0.2) is 59.1 Å². The Morgan fingerprint density at radius 1 is 1.14 bits per heavy atom. The quantitative estimate of drug-likeness (QED) is 0.648. The Hall–Kier alpha value is -2.18. The molecule has 0 spiro atoms. The zero-order chi connectivity index (χ0) is 20.6. The van der Waals surface area contributed by atoms with Gasteiger partial charge in [0.05, 0.1) is 18.5 Å². The molecular weight excluding hydrogens is 430 g/mol. The predicted octanol–water partition coefficient (Wildman–Crippen LogP) is 4.37. The summed E-state index contributed by atoms with van der Waals surface area (Å²) in [5.74, 6) is -0.0586. The van der Waals surface area contributed by atoms with Crippen molar-refractivity contribution in [2.45, 2.75) is 32.2 Å². The number of nitrogens with zero attached hydrogens (tertiary/aromatic N) is 1. The highest BCUT2D eigenvalue weighted by Crippen LogP contribution is 2.21. The molecule has 1 saturated heterocycles. The fraction of sp³-hybridized carbons (Fsp3) is 0.391. The van der Waals surface area contributed by atoms with Gasteiger partial charge in [-0.15, -0.1) is 0 Å². The Bertz CT molecular complexity index is 811. The standard InChI is InChI=1S/C23H28BrN3O2/c1-2-21(17-10-12-19(24)13-11-17)26-22(28)16-27-14-6-7-18(15-27)23(29)25-20-8-4-3-5-9-20/h3-5,8-13,18,21H,2,6-7,14-16H2,1H3,(H,25,29)(H,26,28)/t18-,21+/m0/s1. The molecule has 3 rings (SSSR count). The molecule has 6 heteroatoms. The second-order valence-corrected chi connectivity index (χ2v) is 8.43. The molecule has 0 saturated carbocycles. The molecule has 154 valence electrons. The number of rotatable bonds is 7. The first-order valence-electron chi connectivity index (χ1n) is 10.2. The number of piperidine rings is 1. The van der Waals surface area contributed by atoms with E-state index in [0.717, 1.165) is 41.5 Å². The van der Waals surface area contributed by atoms with Crippen LogP contribution in [0.2, 0.25) is 0 Å². The molecule has 2 aromatic carbocycles. The van der Waals surface area contributed by atoms with E-state index in [0.29, 0.717) is 13.1 Å². The third-order valence-electron chi connectivity index (χ3n) is 5.30. The summed E-state index contributed by atoms with van der Waals surface area (Å²) in [5.41, 5.74) is 1.91. The highest BCUT2D eigenvalue weighted by molar-refractivity contribution is 9.10. The minimum absolute atomic E-state index is 0.00225. The number of likely N-dealkylation sites (tertiary alicyclic amines) is 1. The van der Waals surface area contributed by atoms with Crippen molar-refractivity contribution in [3.8, 4) is 0 Å². The lowest BCUT2D eigenvalue weighted by Gasteiger charge is -2.32. The molecule has 1 heterocycles. The Balaban J connectivity index is 1.51. The summed E-state index contributed by atoms with van der Waals surface area (Å²) < 4.78 is 1.02. The maximum atomic E-state index is 12.6. The van der Waals surface area contributed by atoms with Gasteiger partial charge in [0, 0.05) is 16.7 Å². The molecule has 0 radical (unpaired) electrons. The average molecular weight is 458 g/mol. The number of benzene rings is 2. The monoisotopic (exact) mass is 457 g/mol. The van der Waals surface area contributed by atoms with Crippen LogP contribution in [-0.4, -0.2) is 36.3 Å². The van der Waals surface area contributed by atoms with Gasteiger partial charge in [0.15, 0.2) is 0 Å². The van der Waals surface area contributed by atoms with E-state index >= 15 is 0 Å². The van der Waals surface area contributed by atoms with Gasteiger partial charge in [-0.05, 0) is 55.6 Å². The SMILES string of the molecule is CC[C@@H](NC(=O)CN1CCC[C@H](C(=O)Nc2ccccc2)C1)c1ccc(Br)cc1. The molecular formula is C23H28BrN3O2. The normalized spacial score (nSPS) is 18.1. The Labute approximate surface area is 181 Å². The molecule has 5 nitrogen and oxygen atoms in total. The van der Waals surface area contributed by atoms with Crippen LogP contribution in [0, 0.1) is 5.92 Å². The number of nitrogens with one attached hydrogen (secondary N) is 2. The van der Waals surface area contributed by atoms with Crippen LogP contribution in [0.4, 0.5) is 5.69 Å². The molecule has 1 fully saturated rings. The first kappa shape index (κ1) is 21.5. The van der Waals surface area contributed by atoms with Crippen LogP contribution in [0.5, 0.6) is 0 Å². The molecule has 2 amide bonds. The Morgan fingerprint density at radius 3 is 2.55 bits per heavy atom. The van der Waals surface area contributed by atoms with Gasteiger partial charge in [-0.25, -0.2) is 0 Å². The second-order valence-electron chi connectivity index (χ2n) is 7.51. The van der Waals surface area contributed by atoms with Gasteiger partial charge in [0.1, 0.15) is 0 Å². The summed E-state index contributed by atoms with van der Waals surface area (Å²) in [6, 6.07) is 17.6. The number of anilines is 1. The molecule has 2 atom stereocenters. The van der Waals surface area contributed by atoms with Crippen molar-refractivity contribution in [3.63, 3.8) is 0 Å². The highest BCUT2D eigenvalue weighted by Gasteiger charge is 2.27. The van der Waals surface area contributed by atoms with Crippen molar-refractivity contribution in [2.24, 2.45) is 5.92 Å². The third-order valence-corrected chi connectivity index (χ3v) is 5.83. The van der Waals surface area contributed by atoms with Gasteiger partial charge in [0.25, 0.3) is 0 Å². The number of para-hydroxylation sites is 1. The van der Waals surface area contributed by atoms with E-state index in [-0.39, 0.29) is 23.8 Å². The zero-order valence-corrected chi connectivity index (χ0v) is 18.3. The fourth-order valence-corrected chi connectivity index (χ4v) is 4.00. The van der Waals surface area contributed by atoms with Gasteiger partial charge in [-0.3, -0.25) is 14.5 Å². The lowest BCUT2D eigenvalue weighted by Crippen LogP contribution is -2.45. The van der Waals surface area contributed by atoms with Crippen molar-refractivity contribution in [3.05, 3.63) is 64.6 Å². The fourth-order valence-electron chi connectivity index (χ4n) is 3.74. The molecule has 1 aliphatic rings. The Kier molecular flexibility index (Phi) is 7.83. The van der Waals surface area contributed by atoms with Crippen LogP contribution in [0.25, 0.3) is 0 Å². The summed E-state index contributed by atoms with van der Waals surface area (Å²) in [5, 5.41) is 6.12. The first-order valence-corrected chi connectivity index (χ1v) is 11.0. The lowest BCUT2D eigenvalue weighted by molar-refractivity contribution is -0.126. The molecule has 29 heavy (non-hydrogen) atoms. The molecule has 2 aromatic rings. The van der Waals surface area contributed by atoms with Crippen LogP contribution >= 0.6 is 15.9 Å². The van der Waals surface area contributed by atoms with E-state index in [1.165, 1.54) is 0 Å². The van der Waals surface area contributed by atoms with Crippen LogP contribution in [0.1, 0.15) is 37.8 Å². The largest absolute Gasteiger partial charge is 0.348 e. The number of hydrogen-bond donors (Lipinski definition) is 2. The smallest absolute Gasteiger partial charge is 0.234 e. The number of carbonyl (C=O) groups is 2. The minimum atomic E-state index is -0.0924. The average Bonchev–Trinajstić information content (AvgIpc) is 2.73. The van der Waals surface area contributed by atoms with Gasteiger partial charge >= 0.3 is 0 Å². The topological polar surface area (TPSA) is 61.4 Å². The molecule has 2 N–H and O–H groups in total. The van der Waals surface area contributed by atoms with Crippen LogP contribution < -0.4 is 10.6 Å². The summed E-state index contributed by atoms with van der Waals surface area (Å²) in [6.45, 7) is 3.85. The van der Waals surface area contributed by atoms with Crippen molar-refractivity contribution in [2.75, 3.05) is 25.0 Å². The molecule has 0 unspecified atom stereocenters. The van der Waals surface area contributed by atoms with E-state index in [9.17, 15) is 9.59 Å². The summed E-state index contributed by atoms with van der Waals surface area (Å²) in [7, 11) is 0. The van der Waals surface area contributed by atoms with E-state index < -0.39 is 0 Å². The zero-order valence-electron chi connectivity index (χ0n) is 16.7. The molecule has 1 aliphatic heterocycles. The maximum absolute atomic E-state index is 12.6. The number of halogens is 1. The molecule has 0 aromatic heterocycles. The van der Waals surface area contributed by atoms with Gasteiger partial charge in [-0.2, -0.15) is 0 Å². The van der Waals surface area contributed by atoms with E-state index in [2.05, 4.69) is 38.4 Å². The van der Waals surface area contributed by atoms with Crippen molar-refractivity contribution < 1.29 is 9.59 Å². The number of amides is 2. The number of carbonyl (C=O) groups excluding carboxylic acids is 2. The van der Waals surface area contributed by atoms with Gasteiger partial charge in [-0.1, -0.05) is 53.2 Å². The summed E-state index contributed by atoms with van der Waals surface area (Å²) in [4.78, 5) is 27.3. The van der Waals surface area contributed by atoms with Crippen molar-refractivity contribution in [1.82, 2.24) is 10.2 Å². The molecule has 0 aliphatic carbocycles. The van der Waals surface area contributed by atoms with Crippen molar-refractivity contribution in [1.29, 1.82) is 0 Å². The van der Waals surface area contributed by atoms with E-state index in [1.54, 1.807) is 0 Å². The third kappa shape index (κ3) is 6.41. The van der Waals surface area contributed by atoms with E-state index in [4.69, 9.17) is 0 Å². The minimum Gasteiger partial charge on any atom is -0.348 e. The lowest BCUT2D eigenvalue weighted by atomic mass is 9.97. The predicted molar refractivity (Wildman–Crippen MR) is 120 cm³/mol. The van der Waals surface area contributed by atoms with Crippen LogP contribution in [-0.2, 0) is 9.59 Å². The summed E-state index contributed by atoms with van der Waals surface area (Å²) >= 11 is 3.44. The second kappa shape index (κ2) is 10.6. The Morgan fingerprint density at radius 2 is 1.86 bits per heavy atom. The maximum Gasteiger partial charge on any atom is 0.234 e. The highest BCUT2D eigenvalue weighted by atomic mass is 79.9. The molecule has 0 bridgehead atoms.